The number of hydrazone groups is 1. The van der Waals surface area contributed by atoms with E-state index in [9.17, 15) is 13.0 Å². The molecule has 1 saturated carbocycles. The first-order valence-corrected chi connectivity index (χ1v) is 7.78. The summed E-state index contributed by atoms with van der Waals surface area (Å²) in [5.41, 5.74) is 4.03. The Kier molecular flexibility index (Phi) is 3.47. The fourth-order valence-corrected chi connectivity index (χ4v) is 2.49. The van der Waals surface area contributed by atoms with Crippen LogP contribution in [0.5, 0.6) is 0 Å². The van der Waals surface area contributed by atoms with Gasteiger partial charge in [-0.2, -0.15) is 17.9 Å². The van der Waals surface area contributed by atoms with Gasteiger partial charge in [0, 0.05) is 18.4 Å². The molecule has 0 bridgehead atoms. The molecule has 4 N–H and O–H groups in total. The van der Waals surface area contributed by atoms with Gasteiger partial charge in [-0.1, -0.05) is 20.8 Å². The van der Waals surface area contributed by atoms with Crippen LogP contribution in [0.4, 0.5) is 0 Å². The van der Waals surface area contributed by atoms with E-state index in [0.29, 0.717) is 15.8 Å². The average Bonchev–Trinajstić information content (AvgIpc) is 3.08. The quantitative estimate of drug-likeness (QED) is 0.396. The van der Waals surface area contributed by atoms with E-state index in [-0.39, 0.29) is 11.6 Å². The highest BCUT2D eigenvalue weighted by Crippen LogP contribution is 2.40. The summed E-state index contributed by atoms with van der Waals surface area (Å²) in [4.78, 5) is 0. The summed E-state index contributed by atoms with van der Waals surface area (Å²) >= 11 is 0. The maximum Gasteiger partial charge on any atom is 0.373 e. The van der Waals surface area contributed by atoms with E-state index in [1.54, 1.807) is 7.05 Å². The van der Waals surface area contributed by atoms with E-state index in [1.807, 2.05) is 20.8 Å². The van der Waals surface area contributed by atoms with Gasteiger partial charge in [0.1, 0.15) is 5.70 Å². The average molecular weight is 303 g/mol. The van der Waals surface area contributed by atoms with Gasteiger partial charge in [-0.3, -0.25) is 9.98 Å². The maximum atomic E-state index is 11.4. The fourth-order valence-electron chi connectivity index (χ4n) is 2.08. The van der Waals surface area contributed by atoms with Gasteiger partial charge in [0.2, 0.25) is 0 Å². The van der Waals surface area contributed by atoms with Gasteiger partial charge < -0.3 is 0 Å². The Labute approximate surface area is 119 Å². The largest absolute Gasteiger partial charge is 0.373 e. The molecule has 1 aliphatic carbocycles. The van der Waals surface area contributed by atoms with Gasteiger partial charge in [0.25, 0.3) is 0 Å². The second kappa shape index (κ2) is 4.61. The molecule has 2 aliphatic rings. The molecule has 0 saturated heterocycles. The van der Waals surface area contributed by atoms with Crippen LogP contribution in [0.15, 0.2) is 16.5 Å². The van der Waals surface area contributed by atoms with Crippen LogP contribution in [0.1, 0.15) is 33.6 Å². The summed E-state index contributed by atoms with van der Waals surface area (Å²) in [6, 6.07) is 0. The van der Waals surface area contributed by atoms with Crippen LogP contribution >= 0.6 is 0 Å². The topological polar surface area (TPSA) is 111 Å². The van der Waals surface area contributed by atoms with Gasteiger partial charge in [0.05, 0.1) is 11.4 Å². The number of rotatable bonds is 3. The Morgan fingerprint density at radius 3 is 2.40 bits per heavy atom. The first kappa shape index (κ1) is 15.1. The zero-order chi connectivity index (χ0) is 15.3. The number of hydrogen-bond acceptors (Lipinski definition) is 6. The molecule has 0 aromatic rings. The predicted molar refractivity (Wildman–Crippen MR) is 75.1 cm³/mol. The lowest BCUT2D eigenvalue weighted by atomic mass is 9.86. The van der Waals surface area contributed by atoms with E-state index in [4.69, 9.17) is 5.84 Å². The molecule has 0 aromatic carbocycles. The molecule has 1 fully saturated rings. The molecule has 0 spiro atoms. The van der Waals surface area contributed by atoms with Gasteiger partial charge >= 0.3 is 10.3 Å². The second-order valence-electron chi connectivity index (χ2n) is 6.14. The smallest absolute Gasteiger partial charge is 0.284 e. The minimum absolute atomic E-state index is 0.216. The highest BCUT2D eigenvalue weighted by molar-refractivity contribution is 7.83. The molecule has 114 valence electrons. The molecule has 9 heteroatoms. The van der Waals surface area contributed by atoms with Crippen LogP contribution in [0.3, 0.4) is 0 Å². The van der Waals surface area contributed by atoms with Crippen LogP contribution in [0, 0.1) is 11.3 Å². The van der Waals surface area contributed by atoms with Crippen LogP contribution in [0.2, 0.25) is 0 Å². The number of nitrogens with two attached hydrogens (primary N) is 1. The SMILES string of the molecule is CN1N=C(C(C)(C)C)C(N(N)S(=O)(=O)O)=C(C2CC2)N1. The highest BCUT2D eigenvalue weighted by Gasteiger charge is 2.40. The third kappa shape index (κ3) is 2.89. The number of hydrazine groups is 2. The molecule has 2 rings (SSSR count). The van der Waals surface area contributed by atoms with Crippen molar-refractivity contribution in [3.63, 3.8) is 0 Å². The predicted octanol–water partition coefficient (Wildman–Crippen LogP) is 0.439. The fraction of sp³-hybridized carbons (Fsp3) is 0.727. The van der Waals surface area contributed by atoms with Gasteiger partial charge in [0.15, 0.2) is 0 Å². The van der Waals surface area contributed by atoms with Crippen molar-refractivity contribution in [1.29, 1.82) is 0 Å². The Morgan fingerprint density at radius 1 is 1.45 bits per heavy atom. The van der Waals surface area contributed by atoms with Crippen molar-refractivity contribution in [2.45, 2.75) is 33.6 Å². The normalized spacial score (nSPS) is 20.7. The van der Waals surface area contributed by atoms with Crippen molar-refractivity contribution < 1.29 is 13.0 Å². The van der Waals surface area contributed by atoms with Crippen LogP contribution in [-0.4, -0.2) is 35.3 Å². The summed E-state index contributed by atoms with van der Waals surface area (Å²) in [5.74, 6) is 5.83. The third-order valence-corrected chi connectivity index (χ3v) is 3.86. The van der Waals surface area contributed by atoms with E-state index < -0.39 is 15.7 Å². The Morgan fingerprint density at radius 2 is 2.00 bits per heavy atom. The van der Waals surface area contributed by atoms with E-state index in [1.165, 1.54) is 5.12 Å². The molecule has 0 amide bonds. The molecule has 0 atom stereocenters. The molecule has 0 unspecified atom stereocenters. The monoisotopic (exact) mass is 303 g/mol. The molecular formula is C11H21N5O3S. The Balaban J connectivity index is 2.58. The maximum absolute atomic E-state index is 11.4. The molecule has 1 aliphatic heterocycles. The number of hydrogen-bond donors (Lipinski definition) is 3. The lowest BCUT2D eigenvalue weighted by Crippen LogP contribution is -2.49. The summed E-state index contributed by atoms with van der Waals surface area (Å²) in [6.07, 6.45) is 1.91. The Bertz CT molecular complexity index is 571. The van der Waals surface area contributed by atoms with Crippen molar-refractivity contribution in [2.75, 3.05) is 7.05 Å². The summed E-state index contributed by atoms with van der Waals surface area (Å²) in [7, 11) is -2.80. The minimum atomic E-state index is -4.54. The van der Waals surface area contributed by atoms with Crippen LogP contribution in [0.25, 0.3) is 0 Å². The van der Waals surface area contributed by atoms with Crippen molar-refractivity contribution in [1.82, 2.24) is 15.0 Å². The summed E-state index contributed by atoms with van der Waals surface area (Å²) < 4.78 is 32.5. The number of nitrogens with zero attached hydrogens (tertiary/aromatic N) is 3. The van der Waals surface area contributed by atoms with E-state index in [0.717, 1.165) is 12.8 Å². The Hall–Kier alpha value is -1.32. The lowest BCUT2D eigenvalue weighted by Gasteiger charge is -2.36. The van der Waals surface area contributed by atoms with Crippen LogP contribution < -0.4 is 11.3 Å². The molecule has 1 heterocycles. The number of allylic oxidation sites excluding steroid dienone is 2. The zero-order valence-corrected chi connectivity index (χ0v) is 12.9. The van der Waals surface area contributed by atoms with Gasteiger partial charge in [-0.05, 0) is 12.8 Å². The summed E-state index contributed by atoms with van der Waals surface area (Å²) in [6.45, 7) is 5.73. The third-order valence-electron chi connectivity index (χ3n) is 3.18. The molecule has 0 aromatic heterocycles. The molecule has 8 nitrogen and oxygen atoms in total. The highest BCUT2D eigenvalue weighted by atomic mass is 32.2. The van der Waals surface area contributed by atoms with Gasteiger partial charge in [-0.15, -0.1) is 0 Å². The molecular weight excluding hydrogens is 282 g/mol. The standard InChI is InChI=1S/C11H21N5O3S/c1-11(2,3)10-9(16(12)20(17,18)19)8(7-5-6-7)13-15(4)14-10/h7,13H,5-6,12H2,1-4H3,(H,17,18,19). The summed E-state index contributed by atoms with van der Waals surface area (Å²) in [5, 5.41) is 5.85. The van der Waals surface area contributed by atoms with Crippen molar-refractivity contribution in [3.8, 4) is 0 Å². The van der Waals surface area contributed by atoms with Crippen molar-refractivity contribution >= 4 is 16.0 Å². The second-order valence-corrected chi connectivity index (χ2v) is 7.43. The first-order valence-electron chi connectivity index (χ1n) is 6.38. The van der Waals surface area contributed by atoms with E-state index in [2.05, 4.69) is 10.5 Å². The van der Waals surface area contributed by atoms with Crippen molar-refractivity contribution in [3.05, 3.63) is 11.4 Å². The van der Waals surface area contributed by atoms with Gasteiger partial charge in [-0.25, -0.2) is 11.0 Å². The van der Waals surface area contributed by atoms with Crippen molar-refractivity contribution in [2.24, 2.45) is 22.3 Å². The zero-order valence-electron chi connectivity index (χ0n) is 12.1. The lowest BCUT2D eigenvalue weighted by molar-refractivity contribution is 0.251. The van der Waals surface area contributed by atoms with E-state index >= 15 is 0 Å². The minimum Gasteiger partial charge on any atom is -0.284 e. The first-order chi connectivity index (χ1) is 9.01. The van der Waals surface area contributed by atoms with Crippen LogP contribution in [-0.2, 0) is 10.3 Å². The molecule has 20 heavy (non-hydrogen) atoms. The molecule has 0 radical (unpaired) electrons. The number of nitrogens with one attached hydrogen (secondary N) is 1.